The number of benzene rings is 9. The Kier molecular flexibility index (Phi) is 18.4. The second kappa shape index (κ2) is 26.6. The Morgan fingerprint density at radius 3 is 1.15 bits per heavy atom. The average Bonchev–Trinajstić information content (AvgIpc) is 1.45. The zero-order valence-corrected chi connectivity index (χ0v) is 77.4. The van der Waals surface area contributed by atoms with Crippen LogP contribution in [0.4, 0.5) is 68.2 Å². The molecule has 17 rings (SSSR count). The molecule has 4 nitrogen and oxygen atoms in total. The van der Waals surface area contributed by atoms with Crippen LogP contribution in [0, 0.1) is 13.8 Å². The van der Waals surface area contributed by atoms with Crippen molar-refractivity contribution in [3.8, 4) is 11.1 Å². The maximum atomic E-state index is 2.81. The van der Waals surface area contributed by atoms with E-state index in [2.05, 4.69) is 419 Å². The van der Waals surface area contributed by atoms with Crippen molar-refractivity contribution in [2.75, 3.05) is 19.6 Å². The number of nitrogens with zero attached hydrogens (tertiary/aromatic N) is 4. The normalized spacial score (nSPS) is 17.1. The number of para-hydroxylation sites is 1. The van der Waals surface area contributed by atoms with Crippen LogP contribution in [-0.2, 0) is 59.6 Å². The van der Waals surface area contributed by atoms with Crippen molar-refractivity contribution < 1.29 is 0 Å². The smallest absolute Gasteiger partial charge is 0.264 e. The first-order valence-corrected chi connectivity index (χ1v) is 45.3. The largest absolute Gasteiger partial charge is 0.311 e. The minimum Gasteiger partial charge on any atom is -0.311 e. The van der Waals surface area contributed by atoms with Gasteiger partial charge in [0.2, 0.25) is 0 Å². The number of aryl methyl sites for hydroxylation is 2. The Balaban J connectivity index is 0.826. The predicted molar refractivity (Wildman–Crippen MR) is 511 cm³/mol. The summed E-state index contributed by atoms with van der Waals surface area (Å²) in [6.07, 6.45) is 6.58. The lowest BCUT2D eigenvalue weighted by Crippen LogP contribution is -2.61. The van der Waals surface area contributed by atoms with E-state index in [1.54, 1.807) is 20.9 Å². The third kappa shape index (κ3) is 13.1. The van der Waals surface area contributed by atoms with Gasteiger partial charge in [-0.15, -0.1) is 0 Å². The van der Waals surface area contributed by atoms with Crippen LogP contribution in [0.1, 0.15) is 296 Å². The van der Waals surface area contributed by atoms with E-state index in [-0.39, 0.29) is 73.0 Å². The highest BCUT2D eigenvalue weighted by Crippen LogP contribution is 2.60. The Hall–Kier alpha value is -8.29. The maximum Gasteiger partial charge on any atom is 0.264 e. The van der Waals surface area contributed by atoms with Gasteiger partial charge < -0.3 is 19.6 Å². The van der Waals surface area contributed by atoms with E-state index in [1.807, 2.05) is 0 Å². The van der Waals surface area contributed by atoms with Gasteiger partial charge in [-0.2, -0.15) is 22.7 Å². The van der Waals surface area contributed by atoms with Crippen molar-refractivity contribution in [1.29, 1.82) is 0 Å². The fourth-order valence-corrected chi connectivity index (χ4v) is 24.0. The first-order valence-electron chi connectivity index (χ1n) is 43.7. The highest BCUT2D eigenvalue weighted by Gasteiger charge is 2.54. The molecular weight excluding hydrogens is 1440 g/mol. The van der Waals surface area contributed by atoms with E-state index in [9.17, 15) is 0 Å². The summed E-state index contributed by atoms with van der Waals surface area (Å²) in [5.74, 6) is 0. The average molecular weight is 1570 g/mol. The highest BCUT2D eigenvalue weighted by molar-refractivity contribution is 7.30. The molecule has 8 heteroatoms. The number of hydrogen-bond donors (Lipinski definition) is 0. The molecule has 6 aliphatic rings. The summed E-state index contributed by atoms with van der Waals surface area (Å²) >= 11 is 4.28. The SMILES string of the molecule is Cc1cc2c3c(c1)N(c1cc(C(C)(C)C)cc(C(C)(C)C)c1)c1c(sc4c1C(C)(C)CCC4(C)C)B3c1cc(C(C)(C)C)ccc1N2c1cc(C(C)(C)C)cc(C(C)(C)CCC(C)(C)c2ccc3c(c2)B2c4sc5c(c4N(c4ccc(C(C)(C)C)cc4)c4cc(C)cc(c42)N3c2ccccc2-c2ccccc2)C(C)(C)CCC5(C)C)c1. The molecule has 0 radical (unpaired) electrons. The van der Waals surface area contributed by atoms with Gasteiger partial charge in [0.1, 0.15) is 0 Å². The molecule has 0 amide bonds. The van der Waals surface area contributed by atoms with E-state index in [4.69, 9.17) is 0 Å². The summed E-state index contributed by atoms with van der Waals surface area (Å²) in [6, 6.07) is 71.0. The quantitative estimate of drug-likeness (QED) is 0.127. The summed E-state index contributed by atoms with van der Waals surface area (Å²) < 4.78 is 2.97. The molecule has 0 spiro atoms. The van der Waals surface area contributed by atoms with Crippen LogP contribution in [0.5, 0.6) is 0 Å². The Labute approximate surface area is 707 Å². The molecule has 4 aliphatic heterocycles. The maximum absolute atomic E-state index is 2.81. The summed E-state index contributed by atoms with van der Waals surface area (Å²) in [5.41, 5.74) is 38.0. The topological polar surface area (TPSA) is 13.0 Å². The van der Waals surface area contributed by atoms with Crippen LogP contribution in [0.3, 0.4) is 0 Å². The molecule has 9 aromatic carbocycles. The Morgan fingerprint density at radius 2 is 0.672 bits per heavy atom. The third-order valence-electron chi connectivity index (χ3n) is 28.4. The number of anilines is 12. The van der Waals surface area contributed by atoms with Gasteiger partial charge in [0, 0.05) is 76.1 Å². The summed E-state index contributed by atoms with van der Waals surface area (Å²) in [4.78, 5) is 14.1. The Bertz CT molecular complexity index is 5780. The highest BCUT2D eigenvalue weighted by atomic mass is 32.1. The van der Waals surface area contributed by atoms with Crippen LogP contribution in [0.15, 0.2) is 176 Å². The zero-order chi connectivity index (χ0) is 83.2. The summed E-state index contributed by atoms with van der Waals surface area (Å²) in [7, 11) is 0. The van der Waals surface area contributed by atoms with E-state index >= 15 is 0 Å². The lowest BCUT2D eigenvalue weighted by atomic mass is 9.35. The lowest BCUT2D eigenvalue weighted by Gasteiger charge is -2.46. The van der Waals surface area contributed by atoms with Gasteiger partial charge >= 0.3 is 0 Å². The monoisotopic (exact) mass is 1570 g/mol. The third-order valence-corrected chi connectivity index (χ3v) is 31.6. The number of thiophene rings is 2. The van der Waals surface area contributed by atoms with Crippen molar-refractivity contribution in [2.24, 2.45) is 0 Å². The van der Waals surface area contributed by atoms with Gasteiger partial charge in [-0.25, -0.2) is 0 Å². The number of fused-ring (bicyclic) bond motifs is 12. The van der Waals surface area contributed by atoms with Gasteiger partial charge in [0.25, 0.3) is 13.4 Å². The number of hydrogen-bond acceptors (Lipinski definition) is 6. The predicted octanol–water partition coefficient (Wildman–Crippen LogP) is 27.5. The second-order valence-electron chi connectivity index (χ2n) is 45.2. The van der Waals surface area contributed by atoms with Crippen LogP contribution >= 0.6 is 22.7 Å². The Morgan fingerprint density at radius 1 is 0.310 bits per heavy atom. The van der Waals surface area contributed by atoms with Gasteiger partial charge in [0.15, 0.2) is 0 Å². The van der Waals surface area contributed by atoms with Gasteiger partial charge in [-0.05, 0) is 279 Å². The minimum atomic E-state index is -0.235. The molecule has 598 valence electrons. The van der Waals surface area contributed by atoms with Crippen LogP contribution in [0.2, 0.25) is 0 Å². The molecule has 0 bridgehead atoms. The minimum absolute atomic E-state index is 0.000847. The van der Waals surface area contributed by atoms with Gasteiger partial charge in [0.05, 0.1) is 17.1 Å². The van der Waals surface area contributed by atoms with E-state index in [0.717, 1.165) is 32.1 Å². The summed E-state index contributed by atoms with van der Waals surface area (Å²) in [5, 5.41) is 0. The lowest BCUT2D eigenvalue weighted by molar-refractivity contribution is 0.339. The standard InChI is InChI=1S/C108H128B2N4S2/c1-65-53-84-90-86(55-65)113(77-60-71(100(9,10)11)57-72(61-77)101(12,13)14)93-89-95(108(28,29)52-50-106(89,24)25)116-97(93)109(90)79-63-69(99(6,7)8)41-45-82(79)111(84)76-59-73(102(15,16)17)58-74(62-76)104(20,21)48-47-103(18,19)70-42-46-83-80(64-70)110-91-85(54-66(2)56-87(91)114(83)81-38-34-33-37-78(81)67-35-31-30-32-36-67)112(75-43-39-68(40-44-75)98(3,4)5)92-88-94(115-96(92)110)107(26,27)51-49-105(88,22)23/h30-46,53-64H,47-52H2,1-29H3. The van der Waals surface area contributed by atoms with Crippen LogP contribution in [-0.4, -0.2) is 13.4 Å². The molecule has 0 N–H and O–H groups in total. The van der Waals surface area contributed by atoms with Crippen molar-refractivity contribution in [2.45, 2.75) is 299 Å². The van der Waals surface area contributed by atoms with E-state index in [0.29, 0.717) is 0 Å². The van der Waals surface area contributed by atoms with E-state index < -0.39 is 0 Å². The summed E-state index contributed by atoms with van der Waals surface area (Å²) in [6.45, 7) is 71.2. The number of rotatable bonds is 10. The van der Waals surface area contributed by atoms with Gasteiger partial charge in [-0.1, -0.05) is 284 Å². The zero-order valence-electron chi connectivity index (χ0n) is 75.7. The molecule has 0 atom stereocenters. The molecule has 0 saturated heterocycles. The molecule has 0 unspecified atom stereocenters. The first-order chi connectivity index (χ1) is 53.9. The van der Waals surface area contributed by atoms with Crippen molar-refractivity contribution in [1.82, 2.24) is 0 Å². The van der Waals surface area contributed by atoms with Gasteiger partial charge in [-0.3, -0.25) is 0 Å². The van der Waals surface area contributed by atoms with Crippen LogP contribution in [0.25, 0.3) is 11.1 Å². The molecule has 11 aromatic rings. The molecule has 2 aromatic heterocycles. The van der Waals surface area contributed by atoms with Crippen LogP contribution < -0.4 is 51.0 Å². The second-order valence-corrected chi connectivity index (χ2v) is 47.4. The molecule has 0 saturated carbocycles. The molecular formula is C108H128B2N4S2. The molecule has 116 heavy (non-hydrogen) atoms. The van der Waals surface area contributed by atoms with Crippen molar-refractivity contribution in [3.63, 3.8) is 0 Å². The molecule has 0 fully saturated rings. The van der Waals surface area contributed by atoms with Crippen molar-refractivity contribution >= 4 is 136 Å². The fourth-order valence-electron chi connectivity index (χ4n) is 20.5. The van der Waals surface area contributed by atoms with E-state index in [1.165, 1.54) is 167 Å². The van der Waals surface area contributed by atoms with Crippen molar-refractivity contribution in [3.05, 3.63) is 247 Å². The fraction of sp³-hybridized carbons (Fsp3) is 0.426. The molecule has 2 aliphatic carbocycles. The molecule has 6 heterocycles. The first kappa shape index (κ1) is 80.1.